The van der Waals surface area contributed by atoms with Crippen LogP contribution in [0.3, 0.4) is 0 Å². The molecule has 1 heterocycles. The zero-order valence-corrected chi connectivity index (χ0v) is 18.7. The van der Waals surface area contributed by atoms with Crippen molar-refractivity contribution in [1.82, 2.24) is 10.2 Å². The summed E-state index contributed by atoms with van der Waals surface area (Å²) in [6.45, 7) is 6.05. The number of amides is 1. The van der Waals surface area contributed by atoms with E-state index in [-0.39, 0.29) is 12.5 Å². The van der Waals surface area contributed by atoms with Crippen LogP contribution in [-0.2, 0) is 21.4 Å². The SMILES string of the molecule is Cc1ccccc1N(CC(=O)NCc1ccc(N2CCN(C)CC2)cc1)S(C)(=O)=O. The van der Waals surface area contributed by atoms with Gasteiger partial charge in [-0.15, -0.1) is 0 Å². The van der Waals surface area contributed by atoms with E-state index in [2.05, 4.69) is 34.3 Å². The molecule has 0 aromatic heterocycles. The van der Waals surface area contributed by atoms with Gasteiger partial charge >= 0.3 is 0 Å². The number of benzene rings is 2. The van der Waals surface area contributed by atoms with Crippen molar-refractivity contribution in [2.45, 2.75) is 13.5 Å². The first-order chi connectivity index (χ1) is 14.2. The van der Waals surface area contributed by atoms with Gasteiger partial charge in [-0.3, -0.25) is 9.10 Å². The summed E-state index contributed by atoms with van der Waals surface area (Å²) in [6.07, 6.45) is 1.11. The minimum absolute atomic E-state index is 0.247. The summed E-state index contributed by atoms with van der Waals surface area (Å²) in [5.41, 5.74) is 3.48. The van der Waals surface area contributed by atoms with Crippen LogP contribution in [0, 0.1) is 6.92 Å². The molecule has 0 saturated carbocycles. The summed E-state index contributed by atoms with van der Waals surface area (Å²) in [5, 5.41) is 2.83. The molecule has 162 valence electrons. The van der Waals surface area contributed by atoms with Crippen LogP contribution in [0.4, 0.5) is 11.4 Å². The Kier molecular flexibility index (Phi) is 6.99. The first kappa shape index (κ1) is 22.1. The third-order valence-corrected chi connectivity index (χ3v) is 6.49. The maximum atomic E-state index is 12.5. The highest BCUT2D eigenvalue weighted by atomic mass is 32.2. The van der Waals surface area contributed by atoms with Crippen LogP contribution in [0.15, 0.2) is 48.5 Å². The van der Waals surface area contributed by atoms with Gasteiger partial charge < -0.3 is 15.1 Å². The first-order valence-electron chi connectivity index (χ1n) is 10.1. The minimum Gasteiger partial charge on any atom is -0.369 e. The minimum atomic E-state index is -3.58. The van der Waals surface area contributed by atoms with E-state index in [4.69, 9.17) is 0 Å². The molecule has 0 bridgehead atoms. The molecule has 2 aromatic carbocycles. The Morgan fingerprint density at radius 2 is 1.67 bits per heavy atom. The molecular formula is C22H30N4O3S. The van der Waals surface area contributed by atoms with Crippen LogP contribution in [0.25, 0.3) is 0 Å². The van der Waals surface area contributed by atoms with Crippen LogP contribution in [0.1, 0.15) is 11.1 Å². The topological polar surface area (TPSA) is 73.0 Å². The lowest BCUT2D eigenvalue weighted by Gasteiger charge is -2.34. The molecule has 0 unspecified atom stereocenters. The Morgan fingerprint density at radius 1 is 1.03 bits per heavy atom. The molecule has 1 amide bonds. The number of nitrogens with zero attached hydrogens (tertiary/aromatic N) is 3. The molecule has 0 aliphatic carbocycles. The van der Waals surface area contributed by atoms with Gasteiger partial charge in [0.15, 0.2) is 0 Å². The number of hydrogen-bond donors (Lipinski definition) is 1. The smallest absolute Gasteiger partial charge is 0.241 e. The van der Waals surface area contributed by atoms with Crippen molar-refractivity contribution in [3.05, 3.63) is 59.7 Å². The van der Waals surface area contributed by atoms with Crippen LogP contribution >= 0.6 is 0 Å². The standard InChI is InChI=1S/C22H30N4O3S/c1-18-6-4-5-7-21(18)26(30(3,28)29)17-22(27)23-16-19-8-10-20(11-9-19)25-14-12-24(2)13-15-25/h4-11H,12-17H2,1-3H3,(H,23,27). The van der Waals surface area contributed by atoms with Gasteiger partial charge in [0, 0.05) is 38.4 Å². The molecule has 7 nitrogen and oxygen atoms in total. The van der Waals surface area contributed by atoms with Gasteiger partial charge in [0.2, 0.25) is 15.9 Å². The van der Waals surface area contributed by atoms with Crippen molar-refractivity contribution in [2.24, 2.45) is 0 Å². The molecule has 2 aromatic rings. The highest BCUT2D eigenvalue weighted by molar-refractivity contribution is 7.92. The van der Waals surface area contributed by atoms with Gasteiger partial charge in [-0.05, 0) is 43.3 Å². The van der Waals surface area contributed by atoms with Gasteiger partial charge in [0.05, 0.1) is 11.9 Å². The summed E-state index contributed by atoms with van der Waals surface area (Å²) in [6, 6.07) is 15.3. The summed E-state index contributed by atoms with van der Waals surface area (Å²) in [5.74, 6) is -0.341. The molecule has 0 atom stereocenters. The van der Waals surface area contributed by atoms with Crippen molar-refractivity contribution in [3.63, 3.8) is 0 Å². The Labute approximate surface area is 179 Å². The molecule has 0 radical (unpaired) electrons. The largest absolute Gasteiger partial charge is 0.369 e. The Morgan fingerprint density at radius 3 is 2.27 bits per heavy atom. The van der Waals surface area contributed by atoms with E-state index >= 15 is 0 Å². The number of rotatable bonds is 7. The number of aryl methyl sites for hydroxylation is 1. The first-order valence-corrected chi connectivity index (χ1v) is 11.9. The zero-order chi connectivity index (χ0) is 21.7. The fourth-order valence-corrected chi connectivity index (χ4v) is 4.41. The quantitative estimate of drug-likeness (QED) is 0.726. The highest BCUT2D eigenvalue weighted by Crippen LogP contribution is 2.22. The summed E-state index contributed by atoms with van der Waals surface area (Å²) >= 11 is 0. The lowest BCUT2D eigenvalue weighted by molar-refractivity contribution is -0.119. The average Bonchev–Trinajstić information content (AvgIpc) is 2.71. The van der Waals surface area contributed by atoms with Crippen molar-refractivity contribution in [2.75, 3.05) is 55.2 Å². The number of likely N-dealkylation sites (N-methyl/N-ethyl adjacent to an activating group) is 1. The third kappa shape index (κ3) is 5.73. The highest BCUT2D eigenvalue weighted by Gasteiger charge is 2.22. The zero-order valence-electron chi connectivity index (χ0n) is 17.8. The number of carbonyl (C=O) groups is 1. The Hall–Kier alpha value is -2.58. The van der Waals surface area contributed by atoms with E-state index in [1.807, 2.05) is 31.2 Å². The van der Waals surface area contributed by atoms with Gasteiger partial charge in [0.25, 0.3) is 0 Å². The maximum Gasteiger partial charge on any atom is 0.241 e. The molecule has 8 heteroatoms. The van der Waals surface area contributed by atoms with Gasteiger partial charge in [-0.2, -0.15) is 0 Å². The molecule has 1 aliphatic heterocycles. The van der Waals surface area contributed by atoms with E-state index in [0.29, 0.717) is 12.2 Å². The summed E-state index contributed by atoms with van der Waals surface area (Å²) in [7, 11) is -1.44. The second-order valence-corrected chi connectivity index (χ2v) is 9.70. The van der Waals surface area contributed by atoms with Gasteiger partial charge in [0.1, 0.15) is 6.54 Å². The number of anilines is 2. The van der Waals surface area contributed by atoms with Crippen LogP contribution in [0.2, 0.25) is 0 Å². The molecule has 3 rings (SSSR count). The molecule has 1 N–H and O–H groups in total. The second kappa shape index (κ2) is 9.49. The van der Waals surface area contributed by atoms with Crippen molar-refractivity contribution < 1.29 is 13.2 Å². The van der Waals surface area contributed by atoms with Gasteiger partial charge in [-0.25, -0.2) is 8.42 Å². The maximum absolute atomic E-state index is 12.5. The summed E-state index contributed by atoms with van der Waals surface area (Å²) in [4.78, 5) is 17.1. The predicted molar refractivity (Wildman–Crippen MR) is 121 cm³/mol. The van der Waals surface area contributed by atoms with E-state index in [1.54, 1.807) is 12.1 Å². The number of carbonyl (C=O) groups excluding carboxylic acids is 1. The number of piperazine rings is 1. The van der Waals surface area contributed by atoms with E-state index < -0.39 is 10.0 Å². The van der Waals surface area contributed by atoms with Crippen molar-refractivity contribution in [3.8, 4) is 0 Å². The fraction of sp³-hybridized carbons (Fsp3) is 0.409. The van der Waals surface area contributed by atoms with E-state index in [0.717, 1.165) is 47.9 Å². The molecule has 30 heavy (non-hydrogen) atoms. The van der Waals surface area contributed by atoms with Crippen LogP contribution in [-0.4, -0.2) is 65.3 Å². The summed E-state index contributed by atoms with van der Waals surface area (Å²) < 4.78 is 25.6. The second-order valence-electron chi connectivity index (χ2n) is 7.79. The molecule has 1 saturated heterocycles. The molecule has 1 aliphatic rings. The lowest BCUT2D eigenvalue weighted by atomic mass is 10.1. The number of para-hydroxylation sites is 1. The van der Waals surface area contributed by atoms with Crippen LogP contribution < -0.4 is 14.5 Å². The third-order valence-electron chi connectivity index (χ3n) is 5.37. The number of hydrogen-bond acceptors (Lipinski definition) is 5. The van der Waals surface area contributed by atoms with E-state index in [9.17, 15) is 13.2 Å². The Bertz CT molecular complexity index is 968. The monoisotopic (exact) mass is 430 g/mol. The van der Waals surface area contributed by atoms with Crippen molar-refractivity contribution in [1.29, 1.82) is 0 Å². The predicted octanol–water partition coefficient (Wildman–Crippen LogP) is 1.83. The molecule has 1 fully saturated rings. The molecular weight excluding hydrogens is 400 g/mol. The Balaban J connectivity index is 1.58. The number of nitrogens with one attached hydrogen (secondary N) is 1. The van der Waals surface area contributed by atoms with Crippen molar-refractivity contribution >= 4 is 27.3 Å². The van der Waals surface area contributed by atoms with Gasteiger partial charge in [-0.1, -0.05) is 30.3 Å². The van der Waals surface area contributed by atoms with Crippen LogP contribution in [0.5, 0.6) is 0 Å². The number of sulfonamides is 1. The van der Waals surface area contributed by atoms with E-state index in [1.165, 1.54) is 5.69 Å². The fourth-order valence-electron chi connectivity index (χ4n) is 3.50. The molecule has 0 spiro atoms. The average molecular weight is 431 g/mol. The normalized spacial score (nSPS) is 15.1. The lowest BCUT2D eigenvalue weighted by Crippen LogP contribution is -2.44.